The molecule has 3 rings (SSSR count). The van der Waals surface area contributed by atoms with Crippen LogP contribution in [0.2, 0.25) is 0 Å². The van der Waals surface area contributed by atoms with Crippen molar-refractivity contribution in [3.05, 3.63) is 29.8 Å². The second-order valence-corrected chi connectivity index (χ2v) is 2.60. The highest BCUT2D eigenvalue weighted by Crippen LogP contribution is 2.16. The zero-order chi connectivity index (χ0) is 6.81. The molecule has 2 aliphatic heterocycles. The van der Waals surface area contributed by atoms with E-state index >= 15 is 0 Å². The van der Waals surface area contributed by atoms with Crippen molar-refractivity contribution in [3.8, 4) is 5.75 Å². The predicted octanol–water partition coefficient (Wildman–Crippen LogP) is 2.01. The summed E-state index contributed by atoms with van der Waals surface area (Å²) in [5.74, 6) is 1.00. The summed E-state index contributed by atoms with van der Waals surface area (Å²) in [6, 6.07) is 8.34. The van der Waals surface area contributed by atoms with Crippen LogP contribution in [-0.2, 0) is 6.42 Å². The lowest BCUT2D eigenvalue weighted by atomic mass is 10.1. The van der Waals surface area contributed by atoms with Gasteiger partial charge in [-0.3, -0.25) is 0 Å². The van der Waals surface area contributed by atoms with Crippen molar-refractivity contribution in [3.63, 3.8) is 0 Å². The molecule has 0 unspecified atom stereocenters. The Kier molecular flexibility index (Phi) is 1.35. The second-order valence-electron chi connectivity index (χ2n) is 2.60. The van der Waals surface area contributed by atoms with E-state index in [0.29, 0.717) is 0 Å². The van der Waals surface area contributed by atoms with Crippen LogP contribution >= 0.6 is 0 Å². The standard InChI is InChI=1S/C9H10O/c1-2-8-3-5-9(6-4-8)10-7-1/h3-6H,1-2,7H2. The van der Waals surface area contributed by atoms with E-state index in [2.05, 4.69) is 12.1 Å². The molecule has 0 fully saturated rings. The Hall–Kier alpha value is -0.980. The first-order valence-electron chi connectivity index (χ1n) is 3.67. The molecule has 0 N–H and O–H groups in total. The van der Waals surface area contributed by atoms with Gasteiger partial charge in [-0.25, -0.2) is 0 Å². The van der Waals surface area contributed by atoms with Gasteiger partial charge in [-0.15, -0.1) is 0 Å². The van der Waals surface area contributed by atoms with Gasteiger partial charge in [-0.2, -0.15) is 0 Å². The minimum Gasteiger partial charge on any atom is -0.494 e. The van der Waals surface area contributed by atoms with Gasteiger partial charge in [0, 0.05) is 0 Å². The lowest BCUT2D eigenvalue weighted by Crippen LogP contribution is -2.02. The monoisotopic (exact) mass is 134 g/mol. The number of aryl methyl sites for hydroxylation is 1. The normalized spacial score (nSPS) is 15.6. The number of benzene rings is 1. The third-order valence-corrected chi connectivity index (χ3v) is 1.80. The summed E-state index contributed by atoms with van der Waals surface area (Å²) in [5.41, 5.74) is 1.42. The second kappa shape index (κ2) is 2.33. The van der Waals surface area contributed by atoms with Crippen LogP contribution < -0.4 is 4.74 Å². The maximum Gasteiger partial charge on any atom is 0.119 e. The lowest BCUT2D eigenvalue weighted by molar-refractivity contribution is 0.307. The number of rotatable bonds is 0. The third kappa shape index (κ3) is 0.991. The molecular formula is C9H10O. The van der Waals surface area contributed by atoms with E-state index < -0.39 is 0 Å². The largest absolute Gasteiger partial charge is 0.494 e. The summed E-state index contributed by atoms with van der Waals surface area (Å²) in [4.78, 5) is 0. The molecule has 0 spiro atoms. The molecule has 1 aromatic carbocycles. The molecule has 0 saturated heterocycles. The first kappa shape index (κ1) is 5.78. The van der Waals surface area contributed by atoms with Crippen LogP contribution in [-0.4, -0.2) is 6.61 Å². The fourth-order valence-electron chi connectivity index (χ4n) is 1.22. The van der Waals surface area contributed by atoms with Gasteiger partial charge in [-0.05, 0) is 30.5 Å². The van der Waals surface area contributed by atoms with Gasteiger partial charge >= 0.3 is 0 Å². The van der Waals surface area contributed by atoms with Crippen molar-refractivity contribution < 1.29 is 4.74 Å². The summed E-state index contributed by atoms with van der Waals surface area (Å²) >= 11 is 0. The maximum atomic E-state index is 5.40. The molecule has 1 aromatic rings. The molecule has 2 heterocycles. The molecule has 0 aromatic heterocycles. The fraction of sp³-hybridized carbons (Fsp3) is 0.333. The van der Waals surface area contributed by atoms with E-state index in [9.17, 15) is 0 Å². The van der Waals surface area contributed by atoms with E-state index in [-0.39, 0.29) is 0 Å². The Labute approximate surface area is 60.6 Å². The summed E-state index contributed by atoms with van der Waals surface area (Å²) < 4.78 is 5.40. The smallest absolute Gasteiger partial charge is 0.119 e. The van der Waals surface area contributed by atoms with Crippen LogP contribution in [0.3, 0.4) is 0 Å². The number of hydrogen-bond acceptors (Lipinski definition) is 1. The highest BCUT2D eigenvalue weighted by molar-refractivity contribution is 5.28. The SMILES string of the molecule is c1cc2ccc1CCCO2. The van der Waals surface area contributed by atoms with Gasteiger partial charge in [0.1, 0.15) is 5.75 Å². The Bertz CT molecular complexity index is 188. The Morgan fingerprint density at radius 1 is 1.10 bits per heavy atom. The van der Waals surface area contributed by atoms with E-state index in [1.165, 1.54) is 5.56 Å². The topological polar surface area (TPSA) is 9.23 Å². The van der Waals surface area contributed by atoms with E-state index in [1.54, 1.807) is 0 Å². The quantitative estimate of drug-likeness (QED) is 0.527. The minimum absolute atomic E-state index is 0.869. The maximum absolute atomic E-state index is 5.40. The molecular weight excluding hydrogens is 124 g/mol. The van der Waals surface area contributed by atoms with Crippen molar-refractivity contribution in [2.75, 3.05) is 6.61 Å². The van der Waals surface area contributed by atoms with Crippen LogP contribution in [0.4, 0.5) is 0 Å². The Morgan fingerprint density at radius 3 is 2.70 bits per heavy atom. The summed E-state index contributed by atoms with van der Waals surface area (Å²) in [5, 5.41) is 0. The molecule has 1 heteroatoms. The van der Waals surface area contributed by atoms with Crippen molar-refractivity contribution in [2.45, 2.75) is 12.8 Å². The predicted molar refractivity (Wildman–Crippen MR) is 40.3 cm³/mol. The zero-order valence-electron chi connectivity index (χ0n) is 5.84. The van der Waals surface area contributed by atoms with E-state index in [1.807, 2.05) is 12.1 Å². The van der Waals surface area contributed by atoms with Gasteiger partial charge in [0.25, 0.3) is 0 Å². The van der Waals surface area contributed by atoms with Gasteiger partial charge < -0.3 is 4.74 Å². The van der Waals surface area contributed by atoms with Crippen molar-refractivity contribution in [2.24, 2.45) is 0 Å². The average molecular weight is 134 g/mol. The number of ether oxygens (including phenoxy) is 1. The number of fused-ring (bicyclic) bond motifs is 5. The molecule has 2 aliphatic rings. The zero-order valence-corrected chi connectivity index (χ0v) is 5.84. The first-order chi connectivity index (χ1) is 4.95. The molecule has 1 nitrogen and oxygen atoms in total. The molecule has 52 valence electrons. The number of hydrogen-bond donors (Lipinski definition) is 0. The van der Waals surface area contributed by atoms with Crippen LogP contribution in [0.1, 0.15) is 12.0 Å². The molecule has 0 amide bonds. The molecule has 10 heavy (non-hydrogen) atoms. The van der Waals surface area contributed by atoms with Crippen LogP contribution in [0.25, 0.3) is 0 Å². The van der Waals surface area contributed by atoms with Crippen molar-refractivity contribution in [1.82, 2.24) is 0 Å². The highest BCUT2D eigenvalue weighted by atomic mass is 16.5. The van der Waals surface area contributed by atoms with Crippen molar-refractivity contribution in [1.29, 1.82) is 0 Å². The lowest BCUT2D eigenvalue weighted by Gasteiger charge is -2.10. The van der Waals surface area contributed by atoms with Gasteiger partial charge in [0.2, 0.25) is 0 Å². The first-order valence-corrected chi connectivity index (χ1v) is 3.67. The summed E-state index contributed by atoms with van der Waals surface area (Å²) in [6.45, 7) is 0.869. The van der Waals surface area contributed by atoms with Gasteiger partial charge in [0.15, 0.2) is 0 Å². The Morgan fingerprint density at radius 2 is 1.90 bits per heavy atom. The molecule has 0 radical (unpaired) electrons. The van der Waals surface area contributed by atoms with Crippen LogP contribution in [0.15, 0.2) is 24.3 Å². The summed E-state index contributed by atoms with van der Waals surface area (Å²) in [7, 11) is 0. The van der Waals surface area contributed by atoms with Crippen LogP contribution in [0, 0.1) is 0 Å². The van der Waals surface area contributed by atoms with Crippen molar-refractivity contribution >= 4 is 0 Å². The molecule has 0 saturated carbocycles. The van der Waals surface area contributed by atoms with E-state index in [0.717, 1.165) is 25.2 Å². The summed E-state index contributed by atoms with van der Waals surface area (Å²) in [6.07, 6.45) is 2.30. The average Bonchev–Trinajstić information content (AvgIpc) is 1.89. The molecule has 0 aliphatic carbocycles. The third-order valence-electron chi connectivity index (χ3n) is 1.80. The molecule has 2 bridgehead atoms. The van der Waals surface area contributed by atoms with E-state index in [4.69, 9.17) is 4.74 Å². The minimum atomic E-state index is 0.869. The highest BCUT2D eigenvalue weighted by Gasteiger charge is 2.00. The Balaban J connectivity index is 2.40. The fourth-order valence-corrected chi connectivity index (χ4v) is 1.22. The van der Waals surface area contributed by atoms with Gasteiger partial charge in [-0.1, -0.05) is 12.1 Å². The molecule has 0 atom stereocenters. The van der Waals surface area contributed by atoms with Gasteiger partial charge in [0.05, 0.1) is 6.61 Å². The van der Waals surface area contributed by atoms with Crippen LogP contribution in [0.5, 0.6) is 5.75 Å².